The maximum absolute atomic E-state index is 12.4. The molecule has 7 heteroatoms. The molecular weight excluding hydrogens is 314 g/mol. The van der Waals surface area contributed by atoms with Gasteiger partial charge in [0.2, 0.25) is 6.54 Å². The van der Waals surface area contributed by atoms with Crippen molar-refractivity contribution in [3.63, 3.8) is 0 Å². The monoisotopic (exact) mass is 337 g/mol. The first kappa shape index (κ1) is 19.6. The van der Waals surface area contributed by atoms with Gasteiger partial charge in [0.25, 0.3) is 0 Å². The number of nitro groups is 1. The Labute approximate surface area is 141 Å². The first-order valence-electron chi connectivity index (χ1n) is 7.80. The van der Waals surface area contributed by atoms with E-state index in [1.807, 2.05) is 0 Å². The highest BCUT2D eigenvalue weighted by Crippen LogP contribution is 2.28. The number of ether oxygens (including phenoxy) is 2. The van der Waals surface area contributed by atoms with Crippen LogP contribution in [0.4, 0.5) is 0 Å². The Kier molecular flexibility index (Phi) is 7.35. The van der Waals surface area contributed by atoms with Crippen LogP contribution in [0.1, 0.15) is 39.2 Å². The number of benzene rings is 1. The molecule has 0 saturated heterocycles. The largest absolute Gasteiger partial charge is 0.462 e. The maximum atomic E-state index is 12.4. The molecule has 1 rings (SSSR count). The van der Waals surface area contributed by atoms with Crippen LogP contribution in [0.25, 0.3) is 0 Å². The summed E-state index contributed by atoms with van der Waals surface area (Å²) >= 11 is 0. The molecule has 132 valence electrons. The van der Waals surface area contributed by atoms with Crippen molar-refractivity contribution in [2.45, 2.75) is 45.8 Å². The number of hydrogen-bond donors (Lipinski definition) is 0. The summed E-state index contributed by atoms with van der Waals surface area (Å²) in [7, 11) is 0. The number of esters is 2. The lowest BCUT2D eigenvalue weighted by Crippen LogP contribution is -2.38. The van der Waals surface area contributed by atoms with Gasteiger partial charge in [0.05, 0.1) is 18.1 Å². The fraction of sp³-hybridized carbons (Fsp3) is 0.529. The van der Waals surface area contributed by atoms with Crippen molar-refractivity contribution in [2.75, 3.05) is 6.54 Å². The lowest BCUT2D eigenvalue weighted by atomic mass is 9.85. The number of carbonyl (C=O) groups excluding carboxylic acids is 2. The number of nitrogens with zero attached hydrogens (tertiary/aromatic N) is 1. The molecule has 0 spiro atoms. The van der Waals surface area contributed by atoms with Crippen LogP contribution in [0.15, 0.2) is 30.3 Å². The van der Waals surface area contributed by atoms with Crippen molar-refractivity contribution in [2.24, 2.45) is 5.92 Å². The van der Waals surface area contributed by atoms with E-state index in [2.05, 4.69) is 0 Å². The van der Waals surface area contributed by atoms with E-state index in [0.29, 0.717) is 5.56 Å². The van der Waals surface area contributed by atoms with Gasteiger partial charge in [0.15, 0.2) is 5.92 Å². The first-order chi connectivity index (χ1) is 11.2. The smallest absolute Gasteiger partial charge is 0.321 e. The van der Waals surface area contributed by atoms with Gasteiger partial charge in [0, 0.05) is 4.92 Å². The molecule has 1 aromatic carbocycles. The molecule has 0 unspecified atom stereocenters. The zero-order chi connectivity index (χ0) is 18.3. The van der Waals surface area contributed by atoms with Crippen LogP contribution in [-0.4, -0.2) is 35.6 Å². The third-order valence-corrected chi connectivity index (χ3v) is 3.19. The number of rotatable bonds is 8. The molecule has 0 fully saturated rings. The highest BCUT2D eigenvalue weighted by molar-refractivity contribution is 5.96. The fourth-order valence-electron chi connectivity index (χ4n) is 2.30. The van der Waals surface area contributed by atoms with Crippen LogP contribution in [0, 0.1) is 16.0 Å². The Balaban J connectivity index is 3.25. The molecular formula is C17H23NO6. The summed E-state index contributed by atoms with van der Waals surface area (Å²) in [6.45, 7) is 6.01. The normalized spacial score (nSPS) is 12.3. The van der Waals surface area contributed by atoms with Gasteiger partial charge >= 0.3 is 11.9 Å². The molecule has 0 N–H and O–H groups in total. The van der Waals surface area contributed by atoms with E-state index in [4.69, 9.17) is 9.47 Å². The molecule has 0 radical (unpaired) electrons. The standard InChI is InChI=1S/C17H23NO6/c1-11(2)23-16(19)15(17(20)24-12(3)4)14(10-18(21)22)13-8-6-5-7-9-13/h5-9,11-12,14-15H,10H2,1-4H3/t14-/m0/s1. The minimum absolute atomic E-state index is 0.445. The molecule has 1 aromatic rings. The SMILES string of the molecule is CC(C)OC(=O)C(C(=O)OC(C)C)[C@@H](C[N+](=O)[O-])c1ccccc1. The molecule has 0 aliphatic heterocycles. The van der Waals surface area contributed by atoms with Gasteiger partial charge in [-0.1, -0.05) is 30.3 Å². The topological polar surface area (TPSA) is 95.7 Å². The van der Waals surface area contributed by atoms with Crippen LogP contribution in [-0.2, 0) is 19.1 Å². The molecule has 7 nitrogen and oxygen atoms in total. The molecule has 0 amide bonds. The van der Waals surface area contributed by atoms with Crippen LogP contribution < -0.4 is 0 Å². The third-order valence-electron chi connectivity index (χ3n) is 3.19. The van der Waals surface area contributed by atoms with E-state index in [1.54, 1.807) is 58.0 Å². The lowest BCUT2D eigenvalue weighted by Gasteiger charge is -2.24. The highest BCUT2D eigenvalue weighted by atomic mass is 16.6. The van der Waals surface area contributed by atoms with E-state index >= 15 is 0 Å². The Morgan fingerprint density at radius 3 is 1.83 bits per heavy atom. The average molecular weight is 337 g/mol. The van der Waals surface area contributed by atoms with Gasteiger partial charge in [-0.2, -0.15) is 0 Å². The summed E-state index contributed by atoms with van der Waals surface area (Å²) in [5.41, 5.74) is 0.514. The summed E-state index contributed by atoms with van der Waals surface area (Å²) in [5.74, 6) is -3.97. The molecule has 0 aliphatic carbocycles. The fourth-order valence-corrected chi connectivity index (χ4v) is 2.30. The van der Waals surface area contributed by atoms with Crippen LogP contribution >= 0.6 is 0 Å². The molecule has 0 aromatic heterocycles. The molecule has 24 heavy (non-hydrogen) atoms. The van der Waals surface area contributed by atoms with Crippen molar-refractivity contribution in [1.29, 1.82) is 0 Å². The summed E-state index contributed by atoms with van der Waals surface area (Å²) in [4.78, 5) is 35.4. The average Bonchev–Trinajstić information content (AvgIpc) is 2.45. The zero-order valence-electron chi connectivity index (χ0n) is 14.3. The lowest BCUT2D eigenvalue weighted by molar-refractivity contribution is -0.484. The maximum Gasteiger partial charge on any atom is 0.321 e. The van der Waals surface area contributed by atoms with Crippen LogP contribution in [0.5, 0.6) is 0 Å². The Morgan fingerprint density at radius 1 is 1.00 bits per heavy atom. The summed E-state index contributed by atoms with van der Waals surface area (Å²) in [6, 6.07) is 8.43. The van der Waals surface area contributed by atoms with Crippen molar-refractivity contribution >= 4 is 11.9 Å². The van der Waals surface area contributed by atoms with Crippen molar-refractivity contribution in [1.82, 2.24) is 0 Å². The summed E-state index contributed by atoms with van der Waals surface area (Å²) < 4.78 is 10.3. The van der Waals surface area contributed by atoms with E-state index in [1.165, 1.54) is 0 Å². The van der Waals surface area contributed by atoms with Gasteiger partial charge < -0.3 is 9.47 Å². The van der Waals surface area contributed by atoms with Crippen LogP contribution in [0.2, 0.25) is 0 Å². The molecule has 0 bridgehead atoms. The summed E-state index contributed by atoms with van der Waals surface area (Å²) in [5, 5.41) is 11.1. The Morgan fingerprint density at radius 2 is 1.46 bits per heavy atom. The van der Waals surface area contributed by atoms with Crippen molar-refractivity contribution in [3.05, 3.63) is 46.0 Å². The predicted molar refractivity (Wildman–Crippen MR) is 87.0 cm³/mol. The quantitative estimate of drug-likeness (QED) is 0.313. The van der Waals surface area contributed by atoms with Gasteiger partial charge in [-0.25, -0.2) is 0 Å². The molecule has 0 saturated carbocycles. The molecule has 1 atom stereocenters. The van der Waals surface area contributed by atoms with Gasteiger partial charge in [-0.05, 0) is 33.3 Å². The number of hydrogen-bond acceptors (Lipinski definition) is 6. The molecule has 0 heterocycles. The molecule has 0 aliphatic rings. The number of carbonyl (C=O) groups is 2. The van der Waals surface area contributed by atoms with E-state index in [-0.39, 0.29) is 0 Å². The summed E-state index contributed by atoms with van der Waals surface area (Å²) in [6.07, 6.45) is -0.891. The third kappa shape index (κ3) is 5.98. The zero-order valence-corrected chi connectivity index (χ0v) is 14.3. The highest BCUT2D eigenvalue weighted by Gasteiger charge is 2.42. The Bertz CT molecular complexity index is 548. The van der Waals surface area contributed by atoms with Crippen LogP contribution in [0.3, 0.4) is 0 Å². The second-order valence-electron chi connectivity index (χ2n) is 5.98. The Hall–Kier alpha value is -2.44. The van der Waals surface area contributed by atoms with E-state index < -0.39 is 47.5 Å². The van der Waals surface area contributed by atoms with Crippen molar-refractivity contribution < 1.29 is 24.0 Å². The van der Waals surface area contributed by atoms with E-state index in [0.717, 1.165) is 0 Å². The van der Waals surface area contributed by atoms with Crippen molar-refractivity contribution in [3.8, 4) is 0 Å². The van der Waals surface area contributed by atoms with Gasteiger partial charge in [-0.15, -0.1) is 0 Å². The predicted octanol–water partition coefficient (Wildman–Crippen LogP) is 2.57. The van der Waals surface area contributed by atoms with Gasteiger partial charge in [-0.3, -0.25) is 19.7 Å². The van der Waals surface area contributed by atoms with E-state index in [9.17, 15) is 19.7 Å². The second-order valence-corrected chi connectivity index (χ2v) is 5.98. The van der Waals surface area contributed by atoms with Gasteiger partial charge in [0.1, 0.15) is 0 Å². The second kappa shape index (κ2) is 9.00. The minimum Gasteiger partial charge on any atom is -0.462 e. The first-order valence-corrected chi connectivity index (χ1v) is 7.80. The minimum atomic E-state index is -1.39.